The molecule has 3 unspecified atom stereocenters. The predicted octanol–water partition coefficient (Wildman–Crippen LogP) is 4.80. The van der Waals surface area contributed by atoms with Crippen molar-refractivity contribution in [3.05, 3.63) is 59.7 Å². The number of nitrogens with zero attached hydrogens (tertiary/aromatic N) is 1. The fourth-order valence-electron chi connectivity index (χ4n) is 6.06. The summed E-state index contributed by atoms with van der Waals surface area (Å²) in [6.07, 6.45) is 5.94. The monoisotopic (exact) mass is 405 g/mol. The van der Waals surface area contributed by atoms with Crippen LogP contribution in [-0.2, 0) is 17.8 Å². The summed E-state index contributed by atoms with van der Waals surface area (Å²) < 4.78 is 5.40. The quantitative estimate of drug-likeness (QED) is 0.641. The SMILES string of the molecule is CCC1(C(C)C(=O)NCc2ccco2)CCCN2CCc3c([nH]c4ccccc34)C21. The average molecular weight is 406 g/mol. The van der Waals surface area contributed by atoms with Gasteiger partial charge < -0.3 is 14.7 Å². The molecule has 158 valence electrons. The number of nitrogens with one attached hydrogen (secondary N) is 2. The molecule has 5 nitrogen and oxygen atoms in total. The van der Waals surface area contributed by atoms with Crippen LogP contribution in [0.2, 0.25) is 0 Å². The largest absolute Gasteiger partial charge is 0.467 e. The molecule has 0 saturated carbocycles. The Labute approximate surface area is 177 Å². The lowest BCUT2D eigenvalue weighted by Crippen LogP contribution is -2.54. The van der Waals surface area contributed by atoms with E-state index < -0.39 is 0 Å². The van der Waals surface area contributed by atoms with Gasteiger partial charge in [-0.3, -0.25) is 9.69 Å². The van der Waals surface area contributed by atoms with Crippen LogP contribution in [0.3, 0.4) is 0 Å². The number of aromatic amines is 1. The standard InChI is InChI=1S/C25H31N3O2/c1-3-25(17(2)24(29)26-16-18-8-6-15-30-18)12-7-13-28-14-11-20-19-9-4-5-10-21(19)27-22(20)23(25)28/h4-6,8-10,15,17,23,27H,3,7,11-14,16H2,1-2H3,(H,26,29). The van der Waals surface area contributed by atoms with E-state index in [-0.39, 0.29) is 23.3 Å². The minimum atomic E-state index is -0.0818. The maximum atomic E-state index is 13.3. The Hall–Kier alpha value is -2.53. The van der Waals surface area contributed by atoms with Gasteiger partial charge in [0, 0.05) is 34.5 Å². The maximum absolute atomic E-state index is 13.3. The first kappa shape index (κ1) is 19.4. The minimum Gasteiger partial charge on any atom is -0.467 e. The van der Waals surface area contributed by atoms with Gasteiger partial charge in [-0.25, -0.2) is 0 Å². The molecule has 1 aromatic carbocycles. The van der Waals surface area contributed by atoms with E-state index in [0.29, 0.717) is 6.54 Å². The highest BCUT2D eigenvalue weighted by molar-refractivity contribution is 5.85. The van der Waals surface area contributed by atoms with Gasteiger partial charge in [0.15, 0.2) is 0 Å². The Balaban J connectivity index is 1.50. The number of rotatable bonds is 5. The topological polar surface area (TPSA) is 61.3 Å². The van der Waals surface area contributed by atoms with Crippen LogP contribution in [0.1, 0.15) is 56.2 Å². The van der Waals surface area contributed by atoms with Gasteiger partial charge in [-0.05, 0) is 56.0 Å². The first-order valence-electron chi connectivity index (χ1n) is 11.3. The highest BCUT2D eigenvalue weighted by Crippen LogP contribution is 2.55. The Morgan fingerprint density at radius 2 is 2.17 bits per heavy atom. The number of H-pyrrole nitrogens is 1. The third kappa shape index (κ3) is 2.99. The van der Waals surface area contributed by atoms with Gasteiger partial charge >= 0.3 is 0 Å². The molecule has 1 saturated heterocycles. The van der Waals surface area contributed by atoms with E-state index in [1.807, 2.05) is 12.1 Å². The van der Waals surface area contributed by atoms with E-state index in [1.54, 1.807) is 6.26 Å². The lowest BCUT2D eigenvalue weighted by Gasteiger charge is -2.54. The molecule has 0 aliphatic carbocycles. The summed E-state index contributed by atoms with van der Waals surface area (Å²) in [4.78, 5) is 19.7. The highest BCUT2D eigenvalue weighted by atomic mass is 16.3. The van der Waals surface area contributed by atoms with Crippen LogP contribution >= 0.6 is 0 Å². The van der Waals surface area contributed by atoms with Gasteiger partial charge in [-0.15, -0.1) is 0 Å². The Morgan fingerprint density at radius 1 is 1.30 bits per heavy atom. The number of benzene rings is 1. The Kier molecular flexibility index (Phi) is 4.94. The number of hydrogen-bond donors (Lipinski definition) is 2. The summed E-state index contributed by atoms with van der Waals surface area (Å²) >= 11 is 0. The second-order valence-electron chi connectivity index (χ2n) is 8.96. The molecule has 1 amide bonds. The molecule has 1 fully saturated rings. The van der Waals surface area contributed by atoms with Crippen molar-refractivity contribution in [2.75, 3.05) is 13.1 Å². The van der Waals surface area contributed by atoms with Crippen molar-refractivity contribution in [1.29, 1.82) is 0 Å². The fourth-order valence-corrected chi connectivity index (χ4v) is 6.06. The summed E-state index contributed by atoms with van der Waals surface area (Å²) in [5, 5.41) is 4.47. The lowest BCUT2D eigenvalue weighted by molar-refractivity contribution is -0.135. The Bertz CT molecular complexity index is 1040. The number of fused-ring (bicyclic) bond motifs is 5. The van der Waals surface area contributed by atoms with Crippen LogP contribution in [0.5, 0.6) is 0 Å². The Morgan fingerprint density at radius 3 is 2.97 bits per heavy atom. The molecule has 3 aromatic rings. The van der Waals surface area contributed by atoms with Crippen molar-refractivity contribution in [3.8, 4) is 0 Å². The van der Waals surface area contributed by atoms with E-state index in [1.165, 1.54) is 22.2 Å². The molecule has 0 radical (unpaired) electrons. The van der Waals surface area contributed by atoms with Crippen molar-refractivity contribution in [2.45, 2.75) is 52.1 Å². The van der Waals surface area contributed by atoms with Gasteiger partial charge in [-0.2, -0.15) is 0 Å². The zero-order valence-corrected chi connectivity index (χ0v) is 17.9. The molecule has 5 rings (SSSR count). The summed E-state index contributed by atoms with van der Waals surface area (Å²) in [6, 6.07) is 12.7. The third-order valence-corrected chi connectivity index (χ3v) is 7.70. The van der Waals surface area contributed by atoms with Gasteiger partial charge in [0.25, 0.3) is 0 Å². The number of aromatic nitrogens is 1. The third-order valence-electron chi connectivity index (χ3n) is 7.70. The molecule has 2 aliphatic heterocycles. The van der Waals surface area contributed by atoms with E-state index in [0.717, 1.165) is 44.5 Å². The number of furan rings is 1. The van der Waals surface area contributed by atoms with Crippen LogP contribution in [0, 0.1) is 11.3 Å². The number of para-hydroxylation sites is 1. The van der Waals surface area contributed by atoms with Crippen LogP contribution in [-0.4, -0.2) is 28.9 Å². The number of hydrogen-bond acceptors (Lipinski definition) is 3. The van der Waals surface area contributed by atoms with Crippen LogP contribution in [0.25, 0.3) is 10.9 Å². The van der Waals surface area contributed by atoms with Gasteiger partial charge in [-0.1, -0.05) is 32.0 Å². The molecular formula is C25H31N3O2. The average Bonchev–Trinajstić information content (AvgIpc) is 3.43. The van der Waals surface area contributed by atoms with Gasteiger partial charge in [0.05, 0.1) is 18.8 Å². The molecule has 5 heteroatoms. The van der Waals surface area contributed by atoms with Crippen molar-refractivity contribution >= 4 is 16.8 Å². The van der Waals surface area contributed by atoms with E-state index >= 15 is 0 Å². The molecule has 2 aliphatic rings. The first-order valence-corrected chi connectivity index (χ1v) is 11.3. The maximum Gasteiger partial charge on any atom is 0.223 e. The molecule has 4 heterocycles. The molecule has 2 aromatic heterocycles. The molecular weight excluding hydrogens is 374 g/mol. The van der Waals surface area contributed by atoms with Crippen LogP contribution in [0.4, 0.5) is 0 Å². The van der Waals surface area contributed by atoms with E-state index in [9.17, 15) is 4.79 Å². The summed E-state index contributed by atoms with van der Waals surface area (Å²) in [7, 11) is 0. The number of carbonyl (C=O) groups excluding carboxylic acids is 1. The second kappa shape index (κ2) is 7.62. The molecule has 0 spiro atoms. The highest BCUT2D eigenvalue weighted by Gasteiger charge is 2.52. The number of piperidine rings is 1. The molecule has 2 N–H and O–H groups in total. The van der Waals surface area contributed by atoms with Crippen molar-refractivity contribution in [3.63, 3.8) is 0 Å². The van der Waals surface area contributed by atoms with Crippen molar-refractivity contribution in [1.82, 2.24) is 15.2 Å². The first-order chi connectivity index (χ1) is 14.6. The number of amides is 1. The van der Waals surface area contributed by atoms with Crippen molar-refractivity contribution in [2.24, 2.45) is 11.3 Å². The fraction of sp³-hybridized carbons (Fsp3) is 0.480. The van der Waals surface area contributed by atoms with Crippen LogP contribution < -0.4 is 5.32 Å². The number of carbonyl (C=O) groups is 1. The lowest BCUT2D eigenvalue weighted by atomic mass is 9.61. The minimum absolute atomic E-state index is 0.0809. The smallest absolute Gasteiger partial charge is 0.223 e. The molecule has 30 heavy (non-hydrogen) atoms. The summed E-state index contributed by atoms with van der Waals surface area (Å²) in [5.74, 6) is 0.836. The summed E-state index contributed by atoms with van der Waals surface area (Å²) in [6.45, 7) is 7.02. The predicted molar refractivity (Wildman–Crippen MR) is 118 cm³/mol. The van der Waals surface area contributed by atoms with Crippen molar-refractivity contribution < 1.29 is 9.21 Å². The molecule has 3 atom stereocenters. The molecule has 0 bridgehead atoms. The van der Waals surface area contributed by atoms with E-state index in [4.69, 9.17) is 4.42 Å². The summed E-state index contributed by atoms with van der Waals surface area (Å²) in [5.41, 5.74) is 3.93. The normalized spacial score (nSPS) is 24.9. The van der Waals surface area contributed by atoms with E-state index in [2.05, 4.69) is 53.3 Å². The zero-order chi connectivity index (χ0) is 20.7. The van der Waals surface area contributed by atoms with Gasteiger partial charge in [0.1, 0.15) is 5.76 Å². The zero-order valence-electron chi connectivity index (χ0n) is 17.9. The van der Waals surface area contributed by atoms with Crippen LogP contribution in [0.15, 0.2) is 47.1 Å². The van der Waals surface area contributed by atoms with Gasteiger partial charge in [0.2, 0.25) is 5.91 Å². The second-order valence-corrected chi connectivity index (χ2v) is 8.96.